The molecule has 11 aromatic carbocycles. The first kappa shape index (κ1) is 56.4. The van der Waals surface area contributed by atoms with Crippen LogP contribution in [-0.2, 0) is 16.2 Å². The van der Waals surface area contributed by atoms with Gasteiger partial charge in [0, 0.05) is 23.0 Å². The first-order valence-electron chi connectivity index (χ1n) is 31.5. The van der Waals surface area contributed by atoms with Gasteiger partial charge in [-0.3, -0.25) is 13.7 Å². The molecule has 438 valence electrons. The van der Waals surface area contributed by atoms with Gasteiger partial charge in [-0.05, 0) is 147 Å². The molecule has 5 nitrogen and oxygen atoms in total. The Morgan fingerprint density at radius 2 is 0.911 bits per heavy atom. The second kappa shape index (κ2) is 21.6. The van der Waals surface area contributed by atoms with Crippen LogP contribution < -0.4 is 30.1 Å². The number of benzene rings is 11. The number of aromatic nitrogens is 4. The molecule has 0 saturated heterocycles. The van der Waals surface area contributed by atoms with Crippen molar-refractivity contribution in [1.82, 2.24) is 14.1 Å². The Morgan fingerprint density at radius 1 is 0.378 bits per heavy atom. The maximum Gasteiger partial charge on any atom is 0.269 e. The number of fused-ring (bicyclic) bond motifs is 10. The van der Waals surface area contributed by atoms with Crippen LogP contribution in [0.2, 0.25) is 0 Å². The fraction of sp³-hybridized carbons (Fsp3) is 0.143. The molecule has 0 amide bonds. The highest BCUT2D eigenvalue weighted by atomic mass is 28.3. The highest BCUT2D eigenvalue weighted by molar-refractivity contribution is 7.20. The second-order valence-electron chi connectivity index (χ2n) is 27.4. The van der Waals surface area contributed by atoms with Crippen molar-refractivity contribution in [2.24, 2.45) is 0 Å². The molecule has 90 heavy (non-hydrogen) atoms. The number of ether oxygens (including phenoxy) is 1. The van der Waals surface area contributed by atoms with Crippen LogP contribution in [-0.4, -0.2) is 22.2 Å². The molecule has 1 aliphatic rings. The largest absolute Gasteiger partial charge is 0.458 e. The summed E-state index contributed by atoms with van der Waals surface area (Å²) in [6, 6.07) is 99.2. The summed E-state index contributed by atoms with van der Waals surface area (Å²) in [5.74, 6) is 2.33. The van der Waals surface area contributed by atoms with Crippen molar-refractivity contribution >= 4 is 61.7 Å². The van der Waals surface area contributed by atoms with E-state index in [1.807, 2.05) is 6.20 Å². The number of imidazole rings is 1. The number of nitrogens with zero attached hydrogens (tertiary/aromatic N) is 4. The van der Waals surface area contributed by atoms with E-state index in [0.29, 0.717) is 5.75 Å². The van der Waals surface area contributed by atoms with Gasteiger partial charge < -0.3 is 4.74 Å². The van der Waals surface area contributed by atoms with E-state index in [-0.39, 0.29) is 16.2 Å². The predicted octanol–water partition coefficient (Wildman–Crippen LogP) is 18.2. The van der Waals surface area contributed by atoms with Crippen molar-refractivity contribution in [3.8, 4) is 73.2 Å². The summed E-state index contributed by atoms with van der Waals surface area (Å²) in [6.07, 6.45) is 6.04. The Hall–Kier alpha value is -10.1. The number of hydrogen-bond donors (Lipinski definition) is 0. The number of para-hydroxylation sites is 3. The van der Waals surface area contributed by atoms with Crippen LogP contribution in [0.5, 0.6) is 11.5 Å². The minimum atomic E-state index is -2.98. The number of pyridine rings is 1. The molecule has 0 fully saturated rings. The SMILES string of the molecule is CC(C)(C)c1cc(-c2cccc3c2-[n+]2[c-]n(-c4cccc(Oc5ccc6c7ccccc7n(-c7cc(C(C)(C)C)ccn7)c6c5)c4)c4cccc(c42)-c2ccc([Si](c4ccccc4)(c4ccccc4)c4ccccc4)cc2-c2ccccc2-3)cc(C(C)(C)C)c1. The lowest BCUT2D eigenvalue weighted by atomic mass is 9.78. The summed E-state index contributed by atoms with van der Waals surface area (Å²) < 4.78 is 13.9. The van der Waals surface area contributed by atoms with Crippen LogP contribution in [0.1, 0.15) is 79.0 Å². The summed E-state index contributed by atoms with van der Waals surface area (Å²) in [4.78, 5) is 4.97. The molecule has 6 heteroatoms. The van der Waals surface area contributed by atoms with Crippen molar-refractivity contribution in [3.63, 3.8) is 0 Å². The molecule has 0 aliphatic carbocycles. The van der Waals surface area contributed by atoms with E-state index in [2.05, 4.69) is 349 Å². The first-order valence-corrected chi connectivity index (χ1v) is 33.5. The minimum absolute atomic E-state index is 0.0439. The minimum Gasteiger partial charge on any atom is -0.458 e. The zero-order chi connectivity index (χ0) is 61.7. The maximum absolute atomic E-state index is 7.02. The van der Waals surface area contributed by atoms with Crippen LogP contribution in [0.4, 0.5) is 0 Å². The van der Waals surface area contributed by atoms with Gasteiger partial charge in [-0.15, -0.1) is 0 Å². The monoisotopic (exact) mass is 1180 g/mol. The van der Waals surface area contributed by atoms with Gasteiger partial charge in [-0.25, -0.2) is 4.98 Å². The Labute approximate surface area is 529 Å². The van der Waals surface area contributed by atoms with Gasteiger partial charge in [0.15, 0.2) is 8.07 Å². The summed E-state index contributed by atoms with van der Waals surface area (Å²) in [5, 5.41) is 7.63. The lowest BCUT2D eigenvalue weighted by Gasteiger charge is -2.35. The molecule has 1 aliphatic heterocycles. The van der Waals surface area contributed by atoms with E-state index in [1.165, 1.54) is 59.5 Å². The Morgan fingerprint density at radius 3 is 1.58 bits per heavy atom. The molecule has 0 atom stereocenters. The van der Waals surface area contributed by atoms with Crippen molar-refractivity contribution in [3.05, 3.63) is 296 Å². The van der Waals surface area contributed by atoms with Crippen molar-refractivity contribution in [2.45, 2.75) is 78.6 Å². The van der Waals surface area contributed by atoms with Gasteiger partial charge in [0.2, 0.25) is 0 Å². The van der Waals surface area contributed by atoms with E-state index < -0.39 is 8.07 Å². The lowest BCUT2D eigenvalue weighted by Crippen LogP contribution is -2.74. The fourth-order valence-corrected chi connectivity index (χ4v) is 18.7. The summed E-state index contributed by atoms with van der Waals surface area (Å²) in [6.45, 7) is 20.7. The van der Waals surface area contributed by atoms with Crippen LogP contribution in [0.25, 0.3) is 94.5 Å². The van der Waals surface area contributed by atoms with E-state index in [0.717, 1.165) is 78.2 Å². The van der Waals surface area contributed by atoms with Crippen LogP contribution in [0.15, 0.2) is 273 Å². The van der Waals surface area contributed by atoms with Gasteiger partial charge in [-0.2, -0.15) is 0 Å². The van der Waals surface area contributed by atoms with Crippen molar-refractivity contribution in [1.29, 1.82) is 0 Å². The number of rotatable bonds is 9. The molecule has 0 unspecified atom stereocenters. The average Bonchev–Trinajstić information content (AvgIpc) is 1.40. The van der Waals surface area contributed by atoms with Crippen LogP contribution in [0.3, 0.4) is 0 Å². The molecular formula is C84H72N4OSi. The fourth-order valence-electron chi connectivity index (χ4n) is 14.0. The molecule has 15 rings (SSSR count). The molecular weight excluding hydrogens is 1110 g/mol. The van der Waals surface area contributed by atoms with Crippen molar-refractivity contribution in [2.75, 3.05) is 0 Å². The Kier molecular flexibility index (Phi) is 13.5. The third kappa shape index (κ3) is 9.51. The zero-order valence-corrected chi connectivity index (χ0v) is 53.7. The van der Waals surface area contributed by atoms with Crippen LogP contribution in [0, 0.1) is 6.33 Å². The van der Waals surface area contributed by atoms with Gasteiger partial charge in [0.25, 0.3) is 6.33 Å². The molecule has 0 saturated carbocycles. The summed E-state index contributed by atoms with van der Waals surface area (Å²) in [5.41, 5.74) is 19.0. The smallest absolute Gasteiger partial charge is 0.269 e. The maximum atomic E-state index is 7.02. The summed E-state index contributed by atoms with van der Waals surface area (Å²) in [7, 11) is -2.98. The van der Waals surface area contributed by atoms with Gasteiger partial charge in [0.05, 0.1) is 33.4 Å². The topological polar surface area (TPSA) is 35.9 Å². The molecule has 0 N–H and O–H groups in total. The third-order valence-electron chi connectivity index (χ3n) is 18.6. The van der Waals surface area contributed by atoms with Gasteiger partial charge in [-0.1, -0.05) is 275 Å². The quantitative estimate of drug-likeness (QED) is 0.0625. The molecule has 14 aromatic rings. The van der Waals surface area contributed by atoms with Crippen molar-refractivity contribution < 1.29 is 9.30 Å². The van der Waals surface area contributed by atoms with Gasteiger partial charge in [0.1, 0.15) is 17.3 Å². The Bertz CT molecular complexity index is 4960. The van der Waals surface area contributed by atoms with E-state index in [4.69, 9.17) is 9.72 Å². The van der Waals surface area contributed by atoms with Gasteiger partial charge >= 0.3 is 0 Å². The summed E-state index contributed by atoms with van der Waals surface area (Å²) >= 11 is 0. The first-order chi connectivity index (χ1) is 43.5. The average molecular weight is 1180 g/mol. The number of hydrogen-bond acceptors (Lipinski definition) is 2. The zero-order valence-electron chi connectivity index (χ0n) is 52.7. The molecule has 3 aromatic heterocycles. The normalized spacial score (nSPS) is 12.5. The molecule has 4 heterocycles. The Balaban J connectivity index is 0.973. The highest BCUT2D eigenvalue weighted by Gasteiger charge is 2.42. The lowest BCUT2D eigenvalue weighted by molar-refractivity contribution is -0.570. The molecule has 0 radical (unpaired) electrons. The van der Waals surface area contributed by atoms with E-state index in [1.54, 1.807) is 0 Å². The highest BCUT2D eigenvalue weighted by Crippen LogP contribution is 2.46. The standard InChI is InChI=1S/C84H72N4OSi/c1-82(2,3)57-46-47-85-79(51-57)88-76-40-22-21-36-71(76)72-44-42-62(53-78(72)88)89-61-27-23-26-60(52-61)86-55-87-80-67(56-48-58(83(4,5)6)50-59(49-56)84(7,8)9)37-24-38-73(80)68-34-19-20-35-69(68)75-54-66(43-45-70(75)74-39-25-41-77(86)81(74)87)90(63-28-13-10-14-29-63,64-30-15-11-16-31-64)65-32-17-12-18-33-65/h10-54H,1-9H3. The molecule has 0 bridgehead atoms. The second-order valence-corrected chi connectivity index (χ2v) is 31.2. The van der Waals surface area contributed by atoms with E-state index in [9.17, 15) is 0 Å². The van der Waals surface area contributed by atoms with E-state index >= 15 is 0 Å². The van der Waals surface area contributed by atoms with Crippen LogP contribution >= 0.6 is 0 Å². The predicted molar refractivity (Wildman–Crippen MR) is 377 cm³/mol. The molecule has 0 spiro atoms. The third-order valence-corrected chi connectivity index (χ3v) is 23.4.